The average Bonchev–Trinajstić information content (AvgIpc) is 2.47. The van der Waals surface area contributed by atoms with E-state index in [0.29, 0.717) is 5.91 Å². The number of hydrogen-bond acceptors (Lipinski definition) is 2. The Bertz CT molecular complexity index is 365. The summed E-state index contributed by atoms with van der Waals surface area (Å²) in [6.45, 7) is 3.22. The quantitative estimate of drug-likeness (QED) is 0.836. The molecule has 4 aliphatic carbocycles. The molecular formula is C18H30N2O. The zero-order chi connectivity index (χ0) is 14.3. The van der Waals surface area contributed by atoms with E-state index in [-0.39, 0.29) is 5.41 Å². The summed E-state index contributed by atoms with van der Waals surface area (Å²) in [5, 5.41) is 6.79. The van der Waals surface area contributed by atoms with E-state index in [1.807, 2.05) is 0 Å². The van der Waals surface area contributed by atoms with Crippen molar-refractivity contribution in [2.45, 2.75) is 57.8 Å². The van der Waals surface area contributed by atoms with Crippen molar-refractivity contribution in [1.29, 1.82) is 0 Å². The van der Waals surface area contributed by atoms with Crippen LogP contribution >= 0.6 is 0 Å². The normalized spacial score (nSPS) is 44.8. The number of carbonyl (C=O) groups is 1. The highest BCUT2D eigenvalue weighted by Gasteiger charge is 2.54. The summed E-state index contributed by atoms with van der Waals surface area (Å²) in [7, 11) is 0. The van der Waals surface area contributed by atoms with Crippen molar-refractivity contribution >= 4 is 5.91 Å². The van der Waals surface area contributed by atoms with Gasteiger partial charge in [0, 0.05) is 12.0 Å². The van der Waals surface area contributed by atoms with Gasteiger partial charge in [-0.1, -0.05) is 0 Å². The van der Waals surface area contributed by atoms with Gasteiger partial charge < -0.3 is 10.6 Å². The minimum Gasteiger partial charge on any atom is -0.356 e. The Labute approximate surface area is 128 Å². The molecule has 0 aromatic carbocycles. The fraction of sp³-hybridized carbons (Fsp3) is 0.944. The lowest BCUT2D eigenvalue weighted by Crippen LogP contribution is -2.53. The van der Waals surface area contributed by atoms with E-state index in [1.165, 1.54) is 57.9 Å². The minimum atomic E-state index is 0.0412. The first-order valence-electron chi connectivity index (χ1n) is 9.22. The molecule has 5 fully saturated rings. The van der Waals surface area contributed by atoms with E-state index < -0.39 is 0 Å². The number of amides is 1. The molecule has 0 aromatic heterocycles. The zero-order valence-corrected chi connectivity index (χ0v) is 13.2. The van der Waals surface area contributed by atoms with Gasteiger partial charge in [-0.15, -0.1) is 0 Å². The standard InChI is InChI=1S/C18H30N2O/c21-17(20-5-3-13-2-1-4-19-12-13)18-9-14-6-15(10-18)8-16(7-14)11-18/h13-16,19H,1-12H2,(H,20,21). The molecule has 3 nitrogen and oxygen atoms in total. The molecule has 2 N–H and O–H groups in total. The van der Waals surface area contributed by atoms with Gasteiger partial charge in [0.25, 0.3) is 0 Å². The molecule has 3 heteroatoms. The van der Waals surface area contributed by atoms with Gasteiger partial charge in [-0.05, 0) is 94.5 Å². The van der Waals surface area contributed by atoms with Gasteiger partial charge in [-0.3, -0.25) is 4.79 Å². The molecule has 4 saturated carbocycles. The van der Waals surface area contributed by atoms with Crippen LogP contribution in [-0.2, 0) is 4.79 Å². The Balaban J connectivity index is 1.30. The van der Waals surface area contributed by atoms with E-state index in [9.17, 15) is 4.79 Å². The third kappa shape index (κ3) is 2.74. The van der Waals surface area contributed by atoms with Crippen LogP contribution in [0.4, 0.5) is 0 Å². The van der Waals surface area contributed by atoms with Crippen molar-refractivity contribution in [3.63, 3.8) is 0 Å². The summed E-state index contributed by atoms with van der Waals surface area (Å²) in [5.74, 6) is 3.78. The van der Waals surface area contributed by atoms with Gasteiger partial charge >= 0.3 is 0 Å². The molecule has 5 aliphatic rings. The molecule has 1 atom stereocenters. The maximum Gasteiger partial charge on any atom is 0.226 e. The molecule has 0 radical (unpaired) electrons. The predicted octanol–water partition coefficient (Wildman–Crippen LogP) is 2.71. The number of carbonyl (C=O) groups excluding carboxylic acids is 1. The molecular weight excluding hydrogens is 260 g/mol. The molecule has 1 aliphatic heterocycles. The first-order valence-corrected chi connectivity index (χ1v) is 9.22. The second-order valence-electron chi connectivity index (χ2n) is 8.45. The lowest BCUT2D eigenvalue weighted by Gasteiger charge is -2.55. The molecule has 5 rings (SSSR count). The maximum atomic E-state index is 12.8. The lowest BCUT2D eigenvalue weighted by atomic mass is 9.49. The van der Waals surface area contributed by atoms with Gasteiger partial charge in [-0.2, -0.15) is 0 Å². The molecule has 21 heavy (non-hydrogen) atoms. The van der Waals surface area contributed by atoms with Crippen molar-refractivity contribution in [3.8, 4) is 0 Å². The summed E-state index contributed by atoms with van der Waals surface area (Å²) in [6.07, 6.45) is 11.6. The molecule has 4 bridgehead atoms. The monoisotopic (exact) mass is 290 g/mol. The fourth-order valence-electron chi connectivity index (χ4n) is 6.14. The molecule has 118 valence electrons. The van der Waals surface area contributed by atoms with Crippen molar-refractivity contribution in [2.75, 3.05) is 19.6 Å². The Morgan fingerprint density at radius 2 is 1.76 bits per heavy atom. The van der Waals surface area contributed by atoms with Crippen LogP contribution in [0.5, 0.6) is 0 Å². The molecule has 0 aromatic rings. The molecule has 0 spiro atoms. The highest BCUT2D eigenvalue weighted by molar-refractivity contribution is 5.83. The van der Waals surface area contributed by atoms with Crippen molar-refractivity contribution in [3.05, 3.63) is 0 Å². The second-order valence-corrected chi connectivity index (χ2v) is 8.45. The Morgan fingerprint density at radius 3 is 2.33 bits per heavy atom. The van der Waals surface area contributed by atoms with Gasteiger partial charge in [0.1, 0.15) is 0 Å². The number of rotatable bonds is 4. The molecule has 1 unspecified atom stereocenters. The van der Waals surface area contributed by atoms with Gasteiger partial charge in [0.2, 0.25) is 5.91 Å². The summed E-state index contributed by atoms with van der Waals surface area (Å²) in [5.41, 5.74) is 0.0412. The van der Waals surface area contributed by atoms with Crippen LogP contribution in [0.3, 0.4) is 0 Å². The SMILES string of the molecule is O=C(NCCC1CCCNC1)C12CC3CC(CC(C3)C1)C2. The van der Waals surface area contributed by atoms with E-state index in [4.69, 9.17) is 0 Å². The second kappa shape index (κ2) is 5.57. The van der Waals surface area contributed by atoms with Gasteiger partial charge in [0.15, 0.2) is 0 Å². The van der Waals surface area contributed by atoms with Crippen LogP contribution in [0.25, 0.3) is 0 Å². The largest absolute Gasteiger partial charge is 0.356 e. The number of nitrogens with one attached hydrogen (secondary N) is 2. The van der Waals surface area contributed by atoms with Crippen LogP contribution in [0, 0.1) is 29.1 Å². The molecule has 1 saturated heterocycles. The fourth-order valence-corrected chi connectivity index (χ4v) is 6.14. The van der Waals surface area contributed by atoms with E-state index in [2.05, 4.69) is 10.6 Å². The highest BCUT2D eigenvalue weighted by Crippen LogP contribution is 2.60. The topological polar surface area (TPSA) is 41.1 Å². The van der Waals surface area contributed by atoms with E-state index >= 15 is 0 Å². The van der Waals surface area contributed by atoms with Crippen molar-refractivity contribution in [1.82, 2.24) is 10.6 Å². The van der Waals surface area contributed by atoms with Crippen LogP contribution in [0.15, 0.2) is 0 Å². The van der Waals surface area contributed by atoms with E-state index in [1.54, 1.807) is 0 Å². The van der Waals surface area contributed by atoms with Gasteiger partial charge in [0.05, 0.1) is 0 Å². The lowest BCUT2D eigenvalue weighted by molar-refractivity contribution is -0.146. The average molecular weight is 290 g/mol. The third-order valence-corrected chi connectivity index (χ3v) is 6.76. The third-order valence-electron chi connectivity index (χ3n) is 6.76. The minimum absolute atomic E-state index is 0.0412. The zero-order valence-electron chi connectivity index (χ0n) is 13.2. The number of piperidine rings is 1. The Hall–Kier alpha value is -0.570. The Kier molecular flexibility index (Phi) is 3.72. The number of hydrogen-bond donors (Lipinski definition) is 2. The van der Waals surface area contributed by atoms with Crippen LogP contribution in [0.2, 0.25) is 0 Å². The van der Waals surface area contributed by atoms with E-state index in [0.717, 1.165) is 43.2 Å². The summed E-state index contributed by atoms with van der Waals surface area (Å²) in [4.78, 5) is 12.8. The van der Waals surface area contributed by atoms with Gasteiger partial charge in [-0.25, -0.2) is 0 Å². The first-order chi connectivity index (χ1) is 10.2. The summed E-state index contributed by atoms with van der Waals surface area (Å²) < 4.78 is 0. The smallest absolute Gasteiger partial charge is 0.226 e. The van der Waals surface area contributed by atoms with Crippen LogP contribution in [0.1, 0.15) is 57.8 Å². The highest BCUT2D eigenvalue weighted by atomic mass is 16.2. The summed E-state index contributed by atoms with van der Waals surface area (Å²) in [6, 6.07) is 0. The van der Waals surface area contributed by atoms with Crippen LogP contribution < -0.4 is 10.6 Å². The first kappa shape index (κ1) is 14.0. The van der Waals surface area contributed by atoms with Crippen molar-refractivity contribution < 1.29 is 4.79 Å². The molecule has 1 heterocycles. The maximum absolute atomic E-state index is 12.8. The van der Waals surface area contributed by atoms with Crippen LogP contribution in [-0.4, -0.2) is 25.5 Å². The Morgan fingerprint density at radius 1 is 1.10 bits per heavy atom. The van der Waals surface area contributed by atoms with Crippen molar-refractivity contribution in [2.24, 2.45) is 29.1 Å². The molecule has 1 amide bonds. The summed E-state index contributed by atoms with van der Waals surface area (Å²) >= 11 is 0. The predicted molar refractivity (Wildman–Crippen MR) is 83.8 cm³/mol.